The third kappa shape index (κ3) is 2.89. The minimum atomic E-state index is 0.654. The van der Waals surface area contributed by atoms with E-state index in [9.17, 15) is 0 Å². The van der Waals surface area contributed by atoms with Crippen molar-refractivity contribution in [3.63, 3.8) is 0 Å². The lowest BCUT2D eigenvalue weighted by Gasteiger charge is -2.25. The van der Waals surface area contributed by atoms with Gasteiger partial charge in [-0.15, -0.1) is 0 Å². The summed E-state index contributed by atoms with van der Waals surface area (Å²) in [6.07, 6.45) is 1.90. The van der Waals surface area contributed by atoms with Gasteiger partial charge in [-0.2, -0.15) is 0 Å². The third-order valence-corrected chi connectivity index (χ3v) is 7.21. The minimum Gasteiger partial charge on any atom is -0.279 e. The standard InChI is InChI=1S/C30H18BrN3/c31-25-16-12-19-11-15-24-27(17-13-20-10-14-23(25)28(19)29(20)24)34(22-7-2-1-3-8-22)30-32-18-21-6-4-5-9-26(21)33-30/h1-18H. The number of anilines is 3. The zero-order valence-electron chi connectivity index (χ0n) is 18.1. The Morgan fingerprint density at radius 3 is 2.12 bits per heavy atom. The lowest BCUT2D eigenvalue weighted by Crippen LogP contribution is -2.13. The van der Waals surface area contributed by atoms with Gasteiger partial charge >= 0.3 is 0 Å². The Morgan fingerprint density at radius 1 is 0.588 bits per heavy atom. The first kappa shape index (κ1) is 19.4. The molecule has 0 unspecified atom stereocenters. The van der Waals surface area contributed by atoms with Gasteiger partial charge in [0.1, 0.15) is 0 Å². The molecule has 3 nitrogen and oxygen atoms in total. The number of fused-ring (bicyclic) bond motifs is 1. The normalized spacial score (nSPS) is 11.7. The quantitative estimate of drug-likeness (QED) is 0.227. The first-order valence-electron chi connectivity index (χ1n) is 11.2. The molecule has 34 heavy (non-hydrogen) atoms. The summed E-state index contributed by atoms with van der Waals surface area (Å²) < 4.78 is 1.11. The zero-order chi connectivity index (χ0) is 22.6. The maximum absolute atomic E-state index is 4.96. The second-order valence-electron chi connectivity index (χ2n) is 8.45. The van der Waals surface area contributed by atoms with E-state index in [2.05, 4.69) is 93.6 Å². The molecule has 0 amide bonds. The summed E-state index contributed by atoms with van der Waals surface area (Å²) in [5, 5.41) is 8.42. The molecule has 0 saturated carbocycles. The maximum Gasteiger partial charge on any atom is 0.235 e. The summed E-state index contributed by atoms with van der Waals surface area (Å²) in [6, 6.07) is 36.0. The van der Waals surface area contributed by atoms with Gasteiger partial charge in [-0.1, -0.05) is 88.7 Å². The Balaban J connectivity index is 1.57. The van der Waals surface area contributed by atoms with E-state index in [0.29, 0.717) is 5.95 Å². The third-order valence-electron chi connectivity index (χ3n) is 6.52. The lowest BCUT2D eigenvalue weighted by atomic mass is 9.93. The molecule has 1 aromatic heterocycles. The summed E-state index contributed by atoms with van der Waals surface area (Å²) in [6.45, 7) is 0. The van der Waals surface area contributed by atoms with Crippen LogP contribution in [0.1, 0.15) is 0 Å². The van der Waals surface area contributed by atoms with Crippen molar-refractivity contribution in [3.05, 3.63) is 114 Å². The van der Waals surface area contributed by atoms with E-state index < -0.39 is 0 Å². The Bertz CT molecular complexity index is 1830. The number of rotatable bonds is 3. The number of hydrogen-bond donors (Lipinski definition) is 0. The molecule has 0 N–H and O–H groups in total. The zero-order valence-corrected chi connectivity index (χ0v) is 19.7. The predicted octanol–water partition coefficient (Wildman–Crippen LogP) is 8.76. The van der Waals surface area contributed by atoms with Crippen molar-refractivity contribution >= 4 is 76.5 Å². The number of aromatic nitrogens is 2. The highest BCUT2D eigenvalue weighted by Gasteiger charge is 2.20. The molecule has 0 saturated heterocycles. The predicted molar refractivity (Wildman–Crippen MR) is 146 cm³/mol. The second kappa shape index (κ2) is 7.51. The molecular formula is C30H18BrN3. The van der Waals surface area contributed by atoms with Crippen LogP contribution in [0.3, 0.4) is 0 Å². The molecule has 0 aliphatic rings. The number of para-hydroxylation sites is 2. The van der Waals surface area contributed by atoms with Crippen molar-refractivity contribution in [2.45, 2.75) is 0 Å². The van der Waals surface area contributed by atoms with Gasteiger partial charge in [-0.05, 0) is 57.3 Å². The van der Waals surface area contributed by atoms with Crippen LogP contribution in [0.15, 0.2) is 114 Å². The van der Waals surface area contributed by atoms with Crippen LogP contribution >= 0.6 is 15.9 Å². The number of hydrogen-bond acceptors (Lipinski definition) is 3. The highest BCUT2D eigenvalue weighted by molar-refractivity contribution is 9.10. The van der Waals surface area contributed by atoms with E-state index >= 15 is 0 Å². The summed E-state index contributed by atoms with van der Waals surface area (Å²) in [5.74, 6) is 0.654. The highest BCUT2D eigenvalue weighted by atomic mass is 79.9. The topological polar surface area (TPSA) is 29.0 Å². The van der Waals surface area contributed by atoms with Gasteiger partial charge in [-0.25, -0.2) is 9.97 Å². The fourth-order valence-corrected chi connectivity index (χ4v) is 5.42. The van der Waals surface area contributed by atoms with Gasteiger partial charge in [0.15, 0.2) is 0 Å². The summed E-state index contributed by atoms with van der Waals surface area (Å²) in [4.78, 5) is 11.9. The molecular weight excluding hydrogens is 482 g/mol. The Kier molecular flexibility index (Phi) is 4.29. The molecule has 0 radical (unpaired) electrons. The first-order valence-corrected chi connectivity index (χ1v) is 12.0. The number of nitrogens with zero attached hydrogens (tertiary/aromatic N) is 3. The van der Waals surface area contributed by atoms with Gasteiger partial charge in [0.25, 0.3) is 0 Å². The monoisotopic (exact) mass is 499 g/mol. The second-order valence-corrected chi connectivity index (χ2v) is 9.31. The molecule has 7 rings (SSSR count). The van der Waals surface area contributed by atoms with Crippen LogP contribution in [0.25, 0.3) is 43.2 Å². The van der Waals surface area contributed by atoms with E-state index in [0.717, 1.165) is 26.8 Å². The molecule has 6 aromatic carbocycles. The smallest absolute Gasteiger partial charge is 0.235 e. The molecule has 1 heterocycles. The van der Waals surface area contributed by atoms with Crippen molar-refractivity contribution < 1.29 is 0 Å². The van der Waals surface area contributed by atoms with Crippen LogP contribution in [0.2, 0.25) is 0 Å². The summed E-state index contributed by atoms with van der Waals surface area (Å²) in [5.41, 5.74) is 3.01. The molecule has 160 valence electrons. The van der Waals surface area contributed by atoms with E-state index in [1.165, 1.54) is 32.3 Å². The molecule has 0 fully saturated rings. The molecule has 0 aliphatic heterocycles. The number of benzene rings is 6. The van der Waals surface area contributed by atoms with Crippen molar-refractivity contribution in [3.8, 4) is 0 Å². The average Bonchev–Trinajstić information content (AvgIpc) is 2.90. The van der Waals surface area contributed by atoms with Crippen molar-refractivity contribution in [2.75, 3.05) is 4.90 Å². The fourth-order valence-electron chi connectivity index (χ4n) is 4.95. The Morgan fingerprint density at radius 2 is 1.26 bits per heavy atom. The summed E-state index contributed by atoms with van der Waals surface area (Å²) in [7, 11) is 0. The van der Waals surface area contributed by atoms with Crippen molar-refractivity contribution in [2.24, 2.45) is 0 Å². The van der Waals surface area contributed by atoms with Crippen LogP contribution in [-0.2, 0) is 0 Å². The van der Waals surface area contributed by atoms with Gasteiger partial charge < -0.3 is 0 Å². The average molecular weight is 500 g/mol. The van der Waals surface area contributed by atoms with Gasteiger partial charge in [0.2, 0.25) is 5.95 Å². The molecule has 0 spiro atoms. The van der Waals surface area contributed by atoms with Gasteiger partial charge in [0, 0.05) is 27.1 Å². The Hall–Kier alpha value is -4.02. The number of halogens is 1. The van der Waals surface area contributed by atoms with E-state index in [4.69, 9.17) is 9.97 Å². The first-order chi connectivity index (χ1) is 16.8. The Labute approximate surface area is 204 Å². The van der Waals surface area contributed by atoms with Gasteiger partial charge in [-0.3, -0.25) is 4.90 Å². The van der Waals surface area contributed by atoms with Gasteiger partial charge in [0.05, 0.1) is 11.2 Å². The fraction of sp³-hybridized carbons (Fsp3) is 0. The molecule has 0 atom stereocenters. The van der Waals surface area contributed by atoms with Crippen LogP contribution in [0, 0.1) is 0 Å². The van der Waals surface area contributed by atoms with Crippen molar-refractivity contribution in [1.29, 1.82) is 0 Å². The summed E-state index contributed by atoms with van der Waals surface area (Å²) >= 11 is 3.75. The lowest BCUT2D eigenvalue weighted by molar-refractivity contribution is 1.11. The largest absolute Gasteiger partial charge is 0.279 e. The molecule has 7 aromatic rings. The molecule has 0 bridgehead atoms. The van der Waals surface area contributed by atoms with Crippen LogP contribution in [0.4, 0.5) is 17.3 Å². The molecule has 0 aliphatic carbocycles. The van der Waals surface area contributed by atoms with Crippen LogP contribution in [-0.4, -0.2) is 9.97 Å². The minimum absolute atomic E-state index is 0.654. The molecule has 4 heteroatoms. The SMILES string of the molecule is Brc1ccc2ccc3c(N(c4ccccc4)c4ncc5ccccc5n4)ccc4ccc1c2c43. The van der Waals surface area contributed by atoms with Crippen LogP contribution < -0.4 is 4.90 Å². The van der Waals surface area contributed by atoms with Crippen molar-refractivity contribution in [1.82, 2.24) is 9.97 Å². The highest BCUT2D eigenvalue weighted by Crippen LogP contribution is 2.44. The van der Waals surface area contributed by atoms with E-state index in [1.807, 2.05) is 36.5 Å². The van der Waals surface area contributed by atoms with E-state index in [-0.39, 0.29) is 0 Å². The van der Waals surface area contributed by atoms with Crippen LogP contribution in [0.5, 0.6) is 0 Å². The maximum atomic E-state index is 4.96. The van der Waals surface area contributed by atoms with E-state index in [1.54, 1.807) is 0 Å².